The standard InChI is InChI=1S/C21H25N/c1-15-16(2)21(22)13-12-19(15)20-11-7-6-10-18(20)14-17-8-4-3-5-9-17/h3-11,16,21H,12-14,22H2,1-2H3. The Kier molecular flexibility index (Phi) is 4.44. The molecule has 0 spiro atoms. The zero-order valence-electron chi connectivity index (χ0n) is 13.5. The molecule has 0 saturated heterocycles. The van der Waals surface area contributed by atoms with Crippen molar-refractivity contribution in [1.29, 1.82) is 0 Å². The molecule has 0 bridgehead atoms. The Morgan fingerprint density at radius 1 is 1.00 bits per heavy atom. The first-order valence-corrected chi connectivity index (χ1v) is 8.24. The van der Waals surface area contributed by atoms with Crippen molar-refractivity contribution >= 4 is 5.57 Å². The largest absolute Gasteiger partial charge is 0.327 e. The van der Waals surface area contributed by atoms with Crippen molar-refractivity contribution in [2.75, 3.05) is 0 Å². The van der Waals surface area contributed by atoms with Gasteiger partial charge < -0.3 is 5.73 Å². The van der Waals surface area contributed by atoms with Gasteiger partial charge in [0.05, 0.1) is 0 Å². The molecule has 2 aromatic carbocycles. The van der Waals surface area contributed by atoms with Crippen LogP contribution in [0.15, 0.2) is 60.2 Å². The third-order valence-electron chi connectivity index (χ3n) is 5.11. The van der Waals surface area contributed by atoms with Crippen LogP contribution in [0.25, 0.3) is 5.57 Å². The van der Waals surface area contributed by atoms with Gasteiger partial charge in [0.1, 0.15) is 0 Å². The minimum atomic E-state index is 0.310. The normalized spacial score (nSPS) is 22.0. The van der Waals surface area contributed by atoms with Crippen LogP contribution in [-0.4, -0.2) is 6.04 Å². The van der Waals surface area contributed by atoms with Gasteiger partial charge in [0.15, 0.2) is 0 Å². The Bertz CT molecular complexity index is 669. The van der Waals surface area contributed by atoms with E-state index in [4.69, 9.17) is 5.73 Å². The maximum atomic E-state index is 6.24. The molecule has 2 N–H and O–H groups in total. The van der Waals surface area contributed by atoms with Crippen molar-refractivity contribution < 1.29 is 0 Å². The number of nitrogens with two attached hydrogens (primary N) is 1. The summed E-state index contributed by atoms with van der Waals surface area (Å²) in [5, 5.41) is 0. The zero-order chi connectivity index (χ0) is 15.5. The van der Waals surface area contributed by atoms with E-state index in [1.165, 1.54) is 27.8 Å². The first-order valence-electron chi connectivity index (χ1n) is 8.24. The monoisotopic (exact) mass is 291 g/mol. The van der Waals surface area contributed by atoms with E-state index >= 15 is 0 Å². The average Bonchev–Trinajstić information content (AvgIpc) is 2.55. The molecule has 0 radical (unpaired) electrons. The fourth-order valence-corrected chi connectivity index (χ4v) is 3.49. The molecule has 0 saturated carbocycles. The van der Waals surface area contributed by atoms with Crippen LogP contribution < -0.4 is 5.73 Å². The molecule has 2 unspecified atom stereocenters. The summed E-state index contributed by atoms with van der Waals surface area (Å²) in [6, 6.07) is 19.9. The molecule has 0 aliphatic heterocycles. The highest BCUT2D eigenvalue weighted by atomic mass is 14.7. The highest BCUT2D eigenvalue weighted by Gasteiger charge is 2.24. The van der Waals surface area contributed by atoms with Crippen LogP contribution in [0.4, 0.5) is 0 Å². The van der Waals surface area contributed by atoms with E-state index in [-0.39, 0.29) is 0 Å². The molecule has 1 aliphatic carbocycles. The Hall–Kier alpha value is -1.86. The lowest BCUT2D eigenvalue weighted by atomic mass is 9.77. The quantitative estimate of drug-likeness (QED) is 0.863. The maximum Gasteiger partial charge on any atom is 0.0105 e. The van der Waals surface area contributed by atoms with Gasteiger partial charge in [-0.15, -0.1) is 0 Å². The summed E-state index contributed by atoms with van der Waals surface area (Å²) in [4.78, 5) is 0. The molecule has 3 rings (SSSR count). The second kappa shape index (κ2) is 6.50. The molecule has 2 aromatic rings. The van der Waals surface area contributed by atoms with E-state index in [0.29, 0.717) is 12.0 Å². The molecule has 1 nitrogen and oxygen atoms in total. The fourth-order valence-electron chi connectivity index (χ4n) is 3.49. The molecular weight excluding hydrogens is 266 g/mol. The highest BCUT2D eigenvalue weighted by Crippen LogP contribution is 2.36. The van der Waals surface area contributed by atoms with Gasteiger partial charge in [-0.25, -0.2) is 0 Å². The van der Waals surface area contributed by atoms with Gasteiger partial charge in [0.2, 0.25) is 0 Å². The van der Waals surface area contributed by atoms with Gasteiger partial charge in [-0.1, -0.05) is 67.1 Å². The van der Waals surface area contributed by atoms with Crippen molar-refractivity contribution in [3.05, 3.63) is 76.9 Å². The summed E-state index contributed by atoms with van der Waals surface area (Å²) in [6.45, 7) is 4.53. The highest BCUT2D eigenvalue weighted by molar-refractivity contribution is 5.72. The summed E-state index contributed by atoms with van der Waals surface area (Å²) < 4.78 is 0. The van der Waals surface area contributed by atoms with Crippen molar-refractivity contribution in [3.63, 3.8) is 0 Å². The minimum absolute atomic E-state index is 0.310. The number of rotatable bonds is 3. The Labute approximate surface area is 133 Å². The average molecular weight is 291 g/mol. The van der Waals surface area contributed by atoms with E-state index in [1.807, 2.05) is 0 Å². The van der Waals surface area contributed by atoms with E-state index in [1.54, 1.807) is 0 Å². The molecule has 22 heavy (non-hydrogen) atoms. The Morgan fingerprint density at radius 3 is 2.45 bits per heavy atom. The first-order chi connectivity index (χ1) is 10.7. The zero-order valence-corrected chi connectivity index (χ0v) is 13.5. The lowest BCUT2D eigenvalue weighted by Gasteiger charge is -2.30. The van der Waals surface area contributed by atoms with E-state index < -0.39 is 0 Å². The number of hydrogen-bond acceptors (Lipinski definition) is 1. The third-order valence-corrected chi connectivity index (χ3v) is 5.11. The molecule has 2 atom stereocenters. The van der Waals surface area contributed by atoms with Crippen LogP contribution in [-0.2, 0) is 6.42 Å². The third kappa shape index (κ3) is 3.00. The molecule has 0 amide bonds. The van der Waals surface area contributed by atoms with Crippen LogP contribution in [0.1, 0.15) is 43.4 Å². The predicted octanol–water partition coefficient (Wildman–Crippen LogP) is 4.81. The fraction of sp³-hybridized carbons (Fsp3) is 0.333. The first kappa shape index (κ1) is 15.1. The second-order valence-corrected chi connectivity index (χ2v) is 6.47. The topological polar surface area (TPSA) is 26.0 Å². The number of allylic oxidation sites excluding steroid dienone is 1. The van der Waals surface area contributed by atoms with Crippen molar-refractivity contribution in [2.45, 2.75) is 39.2 Å². The molecule has 0 heterocycles. The smallest absolute Gasteiger partial charge is 0.0105 e. The van der Waals surface area contributed by atoms with Crippen molar-refractivity contribution in [2.24, 2.45) is 11.7 Å². The second-order valence-electron chi connectivity index (χ2n) is 6.47. The summed E-state index contributed by atoms with van der Waals surface area (Å²) in [6.07, 6.45) is 3.19. The van der Waals surface area contributed by atoms with E-state index in [2.05, 4.69) is 68.4 Å². The maximum absolute atomic E-state index is 6.24. The number of benzene rings is 2. The summed E-state index contributed by atoms with van der Waals surface area (Å²) in [7, 11) is 0. The predicted molar refractivity (Wildman–Crippen MR) is 94.7 cm³/mol. The van der Waals surface area contributed by atoms with Crippen LogP contribution >= 0.6 is 0 Å². The van der Waals surface area contributed by atoms with Crippen LogP contribution in [0.2, 0.25) is 0 Å². The summed E-state index contributed by atoms with van der Waals surface area (Å²) in [5.74, 6) is 0.480. The lowest BCUT2D eigenvalue weighted by Crippen LogP contribution is -2.32. The van der Waals surface area contributed by atoms with Crippen LogP contribution in [0, 0.1) is 5.92 Å². The van der Waals surface area contributed by atoms with Gasteiger partial charge in [0, 0.05) is 6.04 Å². The minimum Gasteiger partial charge on any atom is -0.327 e. The van der Waals surface area contributed by atoms with Gasteiger partial charge in [-0.2, -0.15) is 0 Å². The van der Waals surface area contributed by atoms with Crippen molar-refractivity contribution in [3.8, 4) is 0 Å². The summed E-state index contributed by atoms with van der Waals surface area (Å²) in [5.41, 5.74) is 13.4. The molecular formula is C21H25N. The van der Waals surface area contributed by atoms with Gasteiger partial charge in [-0.05, 0) is 54.4 Å². The van der Waals surface area contributed by atoms with Crippen LogP contribution in [0.3, 0.4) is 0 Å². The summed E-state index contributed by atoms with van der Waals surface area (Å²) >= 11 is 0. The molecule has 1 heteroatoms. The molecule has 0 fully saturated rings. The Balaban J connectivity index is 1.98. The molecule has 114 valence electrons. The SMILES string of the molecule is CC1=C(c2ccccc2Cc2ccccc2)CCC(N)C1C. The van der Waals surface area contributed by atoms with Crippen LogP contribution in [0.5, 0.6) is 0 Å². The van der Waals surface area contributed by atoms with Crippen molar-refractivity contribution in [1.82, 2.24) is 0 Å². The Morgan fingerprint density at radius 2 is 1.68 bits per heavy atom. The van der Waals surface area contributed by atoms with Gasteiger partial charge >= 0.3 is 0 Å². The van der Waals surface area contributed by atoms with Gasteiger partial charge in [0.25, 0.3) is 0 Å². The molecule has 0 aromatic heterocycles. The van der Waals surface area contributed by atoms with Gasteiger partial charge in [-0.3, -0.25) is 0 Å². The van der Waals surface area contributed by atoms with E-state index in [0.717, 1.165) is 19.3 Å². The number of hydrogen-bond donors (Lipinski definition) is 1. The van der Waals surface area contributed by atoms with E-state index in [9.17, 15) is 0 Å². The molecule has 1 aliphatic rings. The lowest BCUT2D eigenvalue weighted by molar-refractivity contribution is 0.470.